The maximum atomic E-state index is 10.2. The van der Waals surface area contributed by atoms with E-state index in [-0.39, 0.29) is 6.42 Å². The Labute approximate surface area is 52.5 Å². The van der Waals surface area contributed by atoms with Crippen LogP contribution in [0.2, 0.25) is 0 Å². The second kappa shape index (κ2) is 4.89. The number of nitrogens with one attached hydrogen (secondary N) is 1. The van der Waals surface area contributed by atoms with Crippen molar-refractivity contribution in [2.24, 2.45) is 15.8 Å². The lowest BCUT2D eigenvalue weighted by Crippen LogP contribution is -1.96. The third-order valence-corrected chi connectivity index (χ3v) is 0.685. The molecule has 0 fully saturated rings. The van der Waals surface area contributed by atoms with Gasteiger partial charge in [0.2, 0.25) is 0 Å². The van der Waals surface area contributed by atoms with E-state index in [0.29, 0.717) is 6.54 Å². The summed E-state index contributed by atoms with van der Waals surface area (Å²) >= 11 is 0. The van der Waals surface area contributed by atoms with Crippen molar-refractivity contribution in [1.29, 1.82) is 5.53 Å². The molecule has 0 aliphatic rings. The number of rotatable bonds is 3. The quantitative estimate of drug-likeness (QED) is 0.316. The number of carbonyl (C=O) groups excluding carboxylic acids is 1. The standard InChI is InChI=1S/C4H8N4O/c5-3-7-2-1-4(9)8-6/h3,6H,1-2H2,(H2,5,7). The van der Waals surface area contributed by atoms with Gasteiger partial charge in [0.15, 0.2) is 0 Å². The minimum absolute atomic E-state index is 0.164. The predicted octanol–water partition coefficient (Wildman–Crippen LogP) is -0.0789. The van der Waals surface area contributed by atoms with Gasteiger partial charge in [-0.05, 0) is 0 Å². The Bertz CT molecular complexity index is 131. The summed E-state index contributed by atoms with van der Waals surface area (Å²) < 4.78 is 0. The smallest absolute Gasteiger partial charge is 0.265 e. The fourth-order valence-electron chi connectivity index (χ4n) is 0.291. The first kappa shape index (κ1) is 7.74. The number of carbonyl (C=O) groups is 1. The van der Waals surface area contributed by atoms with Gasteiger partial charge in [-0.2, -0.15) is 0 Å². The highest BCUT2D eigenvalue weighted by Gasteiger charge is 1.93. The van der Waals surface area contributed by atoms with Crippen LogP contribution < -0.4 is 5.73 Å². The Morgan fingerprint density at radius 1 is 1.78 bits per heavy atom. The van der Waals surface area contributed by atoms with E-state index >= 15 is 0 Å². The first-order valence-corrected chi connectivity index (χ1v) is 2.41. The van der Waals surface area contributed by atoms with E-state index in [1.807, 2.05) is 0 Å². The Hall–Kier alpha value is -1.26. The Morgan fingerprint density at radius 2 is 2.44 bits per heavy atom. The number of nitrogens with two attached hydrogens (primary N) is 1. The van der Waals surface area contributed by atoms with Gasteiger partial charge in [0.1, 0.15) is 0 Å². The van der Waals surface area contributed by atoms with Gasteiger partial charge in [0.25, 0.3) is 5.91 Å². The molecule has 0 rings (SSSR count). The highest BCUT2D eigenvalue weighted by atomic mass is 16.1. The van der Waals surface area contributed by atoms with Gasteiger partial charge < -0.3 is 5.73 Å². The van der Waals surface area contributed by atoms with Crippen LogP contribution in [0.15, 0.2) is 10.1 Å². The molecular formula is C4H8N4O. The molecule has 0 saturated carbocycles. The van der Waals surface area contributed by atoms with E-state index < -0.39 is 5.91 Å². The molecule has 5 nitrogen and oxygen atoms in total. The lowest BCUT2D eigenvalue weighted by molar-refractivity contribution is -0.118. The summed E-state index contributed by atoms with van der Waals surface area (Å²) in [5, 5.41) is 2.66. The average molecular weight is 128 g/mol. The molecule has 0 aliphatic heterocycles. The molecule has 1 amide bonds. The van der Waals surface area contributed by atoms with Gasteiger partial charge in [-0.15, -0.1) is 5.11 Å². The maximum Gasteiger partial charge on any atom is 0.265 e. The van der Waals surface area contributed by atoms with Crippen LogP contribution in [0, 0.1) is 5.53 Å². The monoisotopic (exact) mass is 128 g/mol. The van der Waals surface area contributed by atoms with E-state index in [9.17, 15) is 4.79 Å². The molecule has 0 atom stereocenters. The fourth-order valence-corrected chi connectivity index (χ4v) is 0.291. The Kier molecular flexibility index (Phi) is 4.20. The van der Waals surface area contributed by atoms with Crippen LogP contribution in [-0.2, 0) is 4.79 Å². The van der Waals surface area contributed by atoms with E-state index in [0.717, 1.165) is 6.34 Å². The van der Waals surface area contributed by atoms with E-state index in [2.05, 4.69) is 10.1 Å². The number of aliphatic imine (C=N–C) groups is 1. The van der Waals surface area contributed by atoms with Gasteiger partial charge in [-0.1, -0.05) is 0 Å². The van der Waals surface area contributed by atoms with Gasteiger partial charge in [0, 0.05) is 6.54 Å². The van der Waals surface area contributed by atoms with Crippen LogP contribution in [0.5, 0.6) is 0 Å². The molecule has 0 aromatic rings. The summed E-state index contributed by atoms with van der Waals surface area (Å²) in [7, 11) is 0. The predicted molar refractivity (Wildman–Crippen MR) is 32.3 cm³/mol. The summed E-state index contributed by atoms with van der Waals surface area (Å²) in [6.45, 7) is 0.317. The average Bonchev–Trinajstić information content (AvgIpc) is 1.89. The molecule has 5 heteroatoms. The molecule has 0 saturated heterocycles. The number of hydrogen-bond acceptors (Lipinski definition) is 3. The number of hydrogen-bond donors (Lipinski definition) is 2. The first-order chi connectivity index (χ1) is 4.31. The normalized spacial score (nSPS) is 9.78. The lowest BCUT2D eigenvalue weighted by Gasteiger charge is -1.84. The van der Waals surface area contributed by atoms with Gasteiger partial charge in [0.05, 0.1) is 12.8 Å². The lowest BCUT2D eigenvalue weighted by atomic mass is 10.4. The minimum Gasteiger partial charge on any atom is -0.390 e. The molecule has 3 N–H and O–H groups in total. The van der Waals surface area contributed by atoms with Crippen molar-refractivity contribution in [3.63, 3.8) is 0 Å². The zero-order valence-electron chi connectivity index (χ0n) is 4.87. The molecule has 0 radical (unpaired) electrons. The van der Waals surface area contributed by atoms with Crippen molar-refractivity contribution in [2.45, 2.75) is 6.42 Å². The Morgan fingerprint density at radius 3 is 2.89 bits per heavy atom. The maximum absolute atomic E-state index is 10.2. The molecule has 50 valence electrons. The molecule has 9 heavy (non-hydrogen) atoms. The van der Waals surface area contributed by atoms with Crippen molar-refractivity contribution >= 4 is 12.2 Å². The van der Waals surface area contributed by atoms with Crippen molar-refractivity contribution < 1.29 is 4.79 Å². The van der Waals surface area contributed by atoms with Crippen LogP contribution in [0.4, 0.5) is 0 Å². The molecule has 0 aromatic carbocycles. The third-order valence-electron chi connectivity index (χ3n) is 0.685. The highest BCUT2D eigenvalue weighted by molar-refractivity contribution is 5.76. The topological polar surface area (TPSA) is 91.7 Å². The summed E-state index contributed by atoms with van der Waals surface area (Å²) in [5.74, 6) is -0.472. The minimum atomic E-state index is -0.472. The summed E-state index contributed by atoms with van der Waals surface area (Å²) in [5.41, 5.74) is 11.1. The van der Waals surface area contributed by atoms with Crippen molar-refractivity contribution in [1.82, 2.24) is 0 Å². The van der Waals surface area contributed by atoms with Crippen LogP contribution in [0.1, 0.15) is 6.42 Å². The van der Waals surface area contributed by atoms with Gasteiger partial charge in [-0.3, -0.25) is 9.79 Å². The third kappa shape index (κ3) is 4.60. The SMILES string of the molecule is N=NC(=O)CCN=CN. The molecule has 0 heterocycles. The van der Waals surface area contributed by atoms with E-state index in [4.69, 9.17) is 11.3 Å². The molecule has 0 aliphatic carbocycles. The molecule has 0 spiro atoms. The molecular weight excluding hydrogens is 120 g/mol. The largest absolute Gasteiger partial charge is 0.390 e. The second-order valence-corrected chi connectivity index (χ2v) is 1.31. The summed E-state index contributed by atoms with van der Waals surface area (Å²) in [4.78, 5) is 13.8. The van der Waals surface area contributed by atoms with Gasteiger partial charge in [-0.25, -0.2) is 5.53 Å². The van der Waals surface area contributed by atoms with Crippen LogP contribution in [0.25, 0.3) is 0 Å². The van der Waals surface area contributed by atoms with Crippen molar-refractivity contribution in [3.8, 4) is 0 Å². The zero-order valence-corrected chi connectivity index (χ0v) is 4.87. The van der Waals surface area contributed by atoms with Gasteiger partial charge >= 0.3 is 0 Å². The van der Waals surface area contributed by atoms with Crippen molar-refractivity contribution in [3.05, 3.63) is 0 Å². The Balaban J connectivity index is 3.27. The summed E-state index contributed by atoms with van der Waals surface area (Å²) in [6.07, 6.45) is 1.29. The number of amides is 1. The fraction of sp³-hybridized carbons (Fsp3) is 0.500. The first-order valence-electron chi connectivity index (χ1n) is 2.41. The molecule has 0 aromatic heterocycles. The molecule has 0 bridgehead atoms. The second-order valence-electron chi connectivity index (χ2n) is 1.31. The van der Waals surface area contributed by atoms with Crippen LogP contribution in [-0.4, -0.2) is 18.8 Å². The molecule has 0 unspecified atom stereocenters. The highest BCUT2D eigenvalue weighted by Crippen LogP contribution is 1.83. The summed E-state index contributed by atoms with van der Waals surface area (Å²) in [6, 6.07) is 0. The van der Waals surface area contributed by atoms with E-state index in [1.54, 1.807) is 0 Å². The van der Waals surface area contributed by atoms with Crippen LogP contribution in [0.3, 0.4) is 0 Å². The van der Waals surface area contributed by atoms with Crippen LogP contribution >= 0.6 is 0 Å². The van der Waals surface area contributed by atoms with E-state index in [1.165, 1.54) is 0 Å². The number of nitrogens with zero attached hydrogens (tertiary/aromatic N) is 2. The zero-order chi connectivity index (χ0) is 7.11. The van der Waals surface area contributed by atoms with Crippen molar-refractivity contribution in [2.75, 3.05) is 6.54 Å².